The van der Waals surface area contributed by atoms with Crippen LogP contribution in [0.3, 0.4) is 0 Å². The zero-order chi connectivity index (χ0) is 18.4. The van der Waals surface area contributed by atoms with Crippen LogP contribution in [0.25, 0.3) is 0 Å². The van der Waals surface area contributed by atoms with E-state index in [9.17, 15) is 0 Å². The number of rotatable bonds is 7. The van der Waals surface area contributed by atoms with E-state index in [1.807, 2.05) is 12.1 Å². The van der Waals surface area contributed by atoms with Crippen LogP contribution in [-0.2, 0) is 12.8 Å². The Morgan fingerprint density at radius 3 is 2.54 bits per heavy atom. The molecule has 0 saturated carbocycles. The van der Waals surface area contributed by atoms with Crippen LogP contribution in [0, 0.1) is 6.92 Å². The first-order chi connectivity index (χ1) is 12.6. The molecule has 2 aromatic rings. The number of halogens is 1. The molecule has 1 aliphatic heterocycles. The average Bonchev–Trinajstić information content (AvgIpc) is 2.64. The van der Waals surface area contributed by atoms with Crippen LogP contribution in [0.2, 0.25) is 5.02 Å². The Kier molecular flexibility index (Phi) is 6.86. The summed E-state index contributed by atoms with van der Waals surface area (Å²) in [5.41, 5.74) is 2.40. The number of hydrogen-bond acceptors (Lipinski definition) is 4. The molecule has 0 amide bonds. The second kappa shape index (κ2) is 9.33. The predicted molar refractivity (Wildman–Crippen MR) is 109 cm³/mol. The lowest BCUT2D eigenvalue weighted by Gasteiger charge is -2.33. The highest BCUT2D eigenvalue weighted by Crippen LogP contribution is 2.19. The van der Waals surface area contributed by atoms with Crippen molar-refractivity contribution in [3.05, 3.63) is 52.4 Å². The summed E-state index contributed by atoms with van der Waals surface area (Å²) in [5, 5.41) is 4.51. The van der Waals surface area contributed by atoms with Crippen LogP contribution in [0.5, 0.6) is 0 Å². The van der Waals surface area contributed by atoms with E-state index in [2.05, 4.69) is 47.2 Å². The third-order valence-electron chi connectivity index (χ3n) is 4.94. The molecule has 3 rings (SSSR count). The van der Waals surface area contributed by atoms with Gasteiger partial charge in [0.05, 0.1) is 0 Å². The van der Waals surface area contributed by atoms with Crippen molar-refractivity contribution in [2.75, 3.05) is 24.5 Å². The van der Waals surface area contributed by atoms with Crippen molar-refractivity contribution in [1.82, 2.24) is 15.3 Å². The van der Waals surface area contributed by atoms with Gasteiger partial charge in [0.2, 0.25) is 0 Å². The van der Waals surface area contributed by atoms with Gasteiger partial charge in [-0.1, -0.05) is 30.7 Å². The zero-order valence-electron chi connectivity index (χ0n) is 15.8. The molecule has 1 aromatic heterocycles. The number of hydrogen-bond donors (Lipinski definition) is 1. The highest BCUT2D eigenvalue weighted by Gasteiger charge is 2.20. The van der Waals surface area contributed by atoms with Crippen LogP contribution in [0.1, 0.15) is 43.3 Å². The number of aromatic nitrogens is 2. The number of aryl methyl sites for hydroxylation is 2. The smallest absolute Gasteiger partial charge is 0.132 e. The van der Waals surface area contributed by atoms with Crippen molar-refractivity contribution in [2.45, 2.75) is 52.0 Å². The molecule has 0 bridgehead atoms. The van der Waals surface area contributed by atoms with Gasteiger partial charge >= 0.3 is 0 Å². The van der Waals surface area contributed by atoms with E-state index in [1.165, 1.54) is 5.56 Å². The SMILES string of the molecule is CCCc1nc(C)cc(N2CCC(NCCc3ccc(Cl)cc3)CC2)n1. The molecule has 1 aromatic carbocycles. The maximum Gasteiger partial charge on any atom is 0.132 e. The molecule has 26 heavy (non-hydrogen) atoms. The maximum atomic E-state index is 5.94. The molecule has 1 saturated heterocycles. The lowest BCUT2D eigenvalue weighted by molar-refractivity contribution is 0.416. The van der Waals surface area contributed by atoms with E-state index < -0.39 is 0 Å². The molecule has 1 fully saturated rings. The third-order valence-corrected chi connectivity index (χ3v) is 5.19. The summed E-state index contributed by atoms with van der Waals surface area (Å²) < 4.78 is 0. The number of nitrogens with one attached hydrogen (secondary N) is 1. The van der Waals surface area contributed by atoms with Crippen molar-refractivity contribution in [3.63, 3.8) is 0 Å². The van der Waals surface area contributed by atoms with E-state index in [0.717, 1.165) is 74.1 Å². The minimum atomic E-state index is 0.594. The maximum absolute atomic E-state index is 5.94. The van der Waals surface area contributed by atoms with Crippen LogP contribution in [0.4, 0.5) is 5.82 Å². The van der Waals surface area contributed by atoms with Crippen LogP contribution >= 0.6 is 11.6 Å². The summed E-state index contributed by atoms with van der Waals surface area (Å²) in [5.74, 6) is 2.08. The van der Waals surface area contributed by atoms with Gasteiger partial charge in [0.1, 0.15) is 11.6 Å². The fourth-order valence-corrected chi connectivity index (χ4v) is 3.62. The Bertz CT molecular complexity index is 694. The first kappa shape index (κ1) is 19.1. The fraction of sp³-hybridized carbons (Fsp3) is 0.524. The van der Waals surface area contributed by atoms with Crippen LogP contribution < -0.4 is 10.2 Å². The summed E-state index contributed by atoms with van der Waals surface area (Å²) in [6.45, 7) is 7.36. The summed E-state index contributed by atoms with van der Waals surface area (Å²) >= 11 is 5.94. The first-order valence-electron chi connectivity index (χ1n) is 9.71. The second-order valence-electron chi connectivity index (χ2n) is 7.13. The number of anilines is 1. The number of benzene rings is 1. The van der Waals surface area contributed by atoms with Crippen molar-refractivity contribution in [1.29, 1.82) is 0 Å². The molecule has 0 spiro atoms. The highest BCUT2D eigenvalue weighted by molar-refractivity contribution is 6.30. The molecular formula is C21H29ClN4. The molecule has 0 radical (unpaired) electrons. The quantitative estimate of drug-likeness (QED) is 0.791. The van der Waals surface area contributed by atoms with Gasteiger partial charge in [-0.3, -0.25) is 0 Å². The number of piperidine rings is 1. The lowest BCUT2D eigenvalue weighted by Crippen LogP contribution is -2.43. The van der Waals surface area contributed by atoms with Gasteiger partial charge in [0, 0.05) is 42.3 Å². The normalized spacial score (nSPS) is 15.4. The third kappa shape index (κ3) is 5.42. The van der Waals surface area contributed by atoms with Gasteiger partial charge < -0.3 is 10.2 Å². The molecule has 2 heterocycles. The Morgan fingerprint density at radius 1 is 1.12 bits per heavy atom. The lowest BCUT2D eigenvalue weighted by atomic mass is 10.0. The molecule has 0 unspecified atom stereocenters. The molecule has 140 valence electrons. The highest BCUT2D eigenvalue weighted by atomic mass is 35.5. The zero-order valence-corrected chi connectivity index (χ0v) is 16.6. The summed E-state index contributed by atoms with van der Waals surface area (Å²) in [6.07, 6.45) is 5.41. The van der Waals surface area contributed by atoms with Crippen molar-refractivity contribution >= 4 is 17.4 Å². The molecule has 0 aliphatic carbocycles. The largest absolute Gasteiger partial charge is 0.356 e. The molecule has 1 N–H and O–H groups in total. The minimum absolute atomic E-state index is 0.594. The first-order valence-corrected chi connectivity index (χ1v) is 10.1. The summed E-state index contributed by atoms with van der Waals surface area (Å²) in [6, 6.07) is 10.9. The minimum Gasteiger partial charge on any atom is -0.356 e. The Labute approximate surface area is 162 Å². The van der Waals surface area contributed by atoms with Crippen molar-refractivity contribution in [3.8, 4) is 0 Å². The molecule has 1 aliphatic rings. The Balaban J connectivity index is 1.46. The fourth-order valence-electron chi connectivity index (χ4n) is 3.49. The summed E-state index contributed by atoms with van der Waals surface area (Å²) in [4.78, 5) is 11.7. The van der Waals surface area contributed by atoms with E-state index in [0.29, 0.717) is 6.04 Å². The molecule has 4 nitrogen and oxygen atoms in total. The van der Waals surface area contributed by atoms with E-state index in [4.69, 9.17) is 16.6 Å². The van der Waals surface area contributed by atoms with Crippen LogP contribution in [-0.4, -0.2) is 35.6 Å². The monoisotopic (exact) mass is 372 g/mol. The topological polar surface area (TPSA) is 41.1 Å². The van der Waals surface area contributed by atoms with Gasteiger partial charge in [-0.25, -0.2) is 9.97 Å². The molecule has 0 atom stereocenters. The Morgan fingerprint density at radius 2 is 1.85 bits per heavy atom. The number of nitrogens with zero attached hydrogens (tertiary/aromatic N) is 3. The van der Waals surface area contributed by atoms with Gasteiger partial charge in [-0.15, -0.1) is 0 Å². The van der Waals surface area contributed by atoms with Gasteiger partial charge in [0.25, 0.3) is 0 Å². The van der Waals surface area contributed by atoms with Crippen molar-refractivity contribution in [2.24, 2.45) is 0 Å². The Hall–Kier alpha value is -1.65. The van der Waals surface area contributed by atoms with Gasteiger partial charge in [0.15, 0.2) is 0 Å². The molecule has 5 heteroatoms. The summed E-state index contributed by atoms with van der Waals surface area (Å²) in [7, 11) is 0. The van der Waals surface area contributed by atoms with E-state index in [-0.39, 0.29) is 0 Å². The predicted octanol–water partition coefficient (Wildman–Crippen LogP) is 4.19. The van der Waals surface area contributed by atoms with Crippen molar-refractivity contribution < 1.29 is 0 Å². The van der Waals surface area contributed by atoms with Crippen LogP contribution in [0.15, 0.2) is 30.3 Å². The van der Waals surface area contributed by atoms with Gasteiger partial charge in [-0.2, -0.15) is 0 Å². The molecular weight excluding hydrogens is 344 g/mol. The van der Waals surface area contributed by atoms with Gasteiger partial charge in [-0.05, 0) is 56.8 Å². The standard InChI is InChI=1S/C21H29ClN4/c1-3-4-20-24-16(2)15-21(25-20)26-13-10-19(11-14-26)23-12-9-17-5-7-18(22)8-6-17/h5-8,15,19,23H,3-4,9-14H2,1-2H3. The second-order valence-corrected chi connectivity index (χ2v) is 7.56. The van der Waals surface area contributed by atoms with E-state index in [1.54, 1.807) is 0 Å². The average molecular weight is 373 g/mol. The van der Waals surface area contributed by atoms with E-state index >= 15 is 0 Å².